The summed E-state index contributed by atoms with van der Waals surface area (Å²) >= 11 is 6.62. The molecule has 0 spiro atoms. The molecule has 0 atom stereocenters. The Morgan fingerprint density at radius 3 is 2.78 bits per heavy atom. The highest BCUT2D eigenvalue weighted by Gasteiger charge is 2.05. The number of primary amides is 1. The molecule has 1 aromatic carbocycles. The molecule has 2 aromatic rings. The summed E-state index contributed by atoms with van der Waals surface area (Å²) in [7, 11) is 0. The van der Waals surface area contributed by atoms with Gasteiger partial charge in [0.05, 0.1) is 12.1 Å². The average Bonchev–Trinajstić information content (AvgIpc) is 2.75. The molecular weight excluding hydrogens is 332 g/mol. The Bertz CT molecular complexity index is 539. The summed E-state index contributed by atoms with van der Waals surface area (Å²) in [6.45, 7) is 0. The number of amides is 1. The summed E-state index contributed by atoms with van der Waals surface area (Å²) in [6, 6.07) is 8.20. The molecule has 0 saturated heterocycles. The predicted octanol–water partition coefficient (Wildman–Crippen LogP) is 3.23. The van der Waals surface area contributed by atoms with Gasteiger partial charge in [0.15, 0.2) is 0 Å². The van der Waals surface area contributed by atoms with Crippen LogP contribution in [0.25, 0.3) is 0 Å². The molecule has 3 nitrogen and oxygen atoms in total. The van der Waals surface area contributed by atoms with Crippen molar-refractivity contribution in [2.75, 3.05) is 0 Å². The van der Waals surface area contributed by atoms with Crippen LogP contribution in [-0.2, 0) is 17.0 Å². The molecule has 0 aliphatic rings. The van der Waals surface area contributed by atoms with Crippen molar-refractivity contribution in [3.05, 3.63) is 45.4 Å². The van der Waals surface area contributed by atoms with Crippen LogP contribution in [0, 0.1) is 0 Å². The third kappa shape index (κ3) is 4.12. The molecule has 2 rings (SSSR count). The van der Waals surface area contributed by atoms with Gasteiger partial charge in [0.2, 0.25) is 5.91 Å². The number of aromatic nitrogens is 1. The van der Waals surface area contributed by atoms with Crippen LogP contribution in [0.3, 0.4) is 0 Å². The molecule has 6 heteroatoms. The lowest BCUT2D eigenvalue weighted by Gasteiger charge is -1.99. The van der Waals surface area contributed by atoms with Gasteiger partial charge in [0.1, 0.15) is 4.34 Å². The van der Waals surface area contributed by atoms with E-state index in [-0.39, 0.29) is 12.3 Å². The van der Waals surface area contributed by atoms with E-state index in [0.29, 0.717) is 0 Å². The Labute approximate surface area is 122 Å². The van der Waals surface area contributed by atoms with E-state index in [2.05, 4.69) is 33.0 Å². The van der Waals surface area contributed by atoms with Crippen LogP contribution >= 0.6 is 39.0 Å². The van der Waals surface area contributed by atoms with Crippen molar-refractivity contribution in [3.8, 4) is 0 Å². The molecule has 0 radical (unpaired) electrons. The number of thioether (sulfide) groups is 1. The maximum absolute atomic E-state index is 10.8. The van der Waals surface area contributed by atoms with Gasteiger partial charge in [-0.2, -0.15) is 0 Å². The van der Waals surface area contributed by atoms with Crippen molar-refractivity contribution < 1.29 is 4.79 Å². The van der Waals surface area contributed by atoms with E-state index >= 15 is 0 Å². The minimum atomic E-state index is -0.343. The van der Waals surface area contributed by atoms with Crippen molar-refractivity contribution in [2.45, 2.75) is 16.5 Å². The first-order valence-electron chi connectivity index (χ1n) is 5.23. The zero-order chi connectivity index (χ0) is 13.0. The first-order chi connectivity index (χ1) is 8.63. The molecule has 18 heavy (non-hydrogen) atoms. The van der Waals surface area contributed by atoms with Crippen molar-refractivity contribution in [2.24, 2.45) is 5.73 Å². The second-order valence-electron chi connectivity index (χ2n) is 3.66. The van der Waals surface area contributed by atoms with Crippen LogP contribution in [0.5, 0.6) is 0 Å². The summed E-state index contributed by atoms with van der Waals surface area (Å²) in [5.41, 5.74) is 7.13. The molecule has 0 fully saturated rings. The summed E-state index contributed by atoms with van der Waals surface area (Å²) < 4.78 is 2.04. The molecule has 1 amide bonds. The Morgan fingerprint density at radius 2 is 2.11 bits per heavy atom. The zero-order valence-electron chi connectivity index (χ0n) is 9.43. The highest BCUT2D eigenvalue weighted by atomic mass is 79.9. The number of hydrogen-bond acceptors (Lipinski definition) is 4. The van der Waals surface area contributed by atoms with Gasteiger partial charge >= 0.3 is 0 Å². The highest BCUT2D eigenvalue weighted by molar-refractivity contribution is 9.10. The first-order valence-corrected chi connectivity index (χ1v) is 7.89. The van der Waals surface area contributed by atoms with Gasteiger partial charge in [-0.25, -0.2) is 4.98 Å². The Morgan fingerprint density at radius 1 is 1.39 bits per heavy atom. The number of nitrogens with zero attached hydrogens (tertiary/aromatic N) is 1. The first kappa shape index (κ1) is 13.6. The number of hydrogen-bond donors (Lipinski definition) is 1. The largest absolute Gasteiger partial charge is 0.369 e. The Kier molecular flexibility index (Phi) is 4.79. The van der Waals surface area contributed by atoms with Crippen molar-refractivity contribution in [1.29, 1.82) is 0 Å². The molecule has 0 saturated carbocycles. The number of rotatable bonds is 5. The fraction of sp³-hybridized carbons (Fsp3) is 0.167. The van der Waals surface area contributed by atoms with Crippen LogP contribution in [-0.4, -0.2) is 10.9 Å². The minimum absolute atomic E-state index is 0.218. The smallest absolute Gasteiger partial charge is 0.223 e. The maximum Gasteiger partial charge on any atom is 0.223 e. The van der Waals surface area contributed by atoms with Crippen LogP contribution in [0.4, 0.5) is 0 Å². The molecule has 0 aliphatic heterocycles. The third-order valence-corrected chi connectivity index (χ3v) is 4.83. The molecule has 94 valence electrons. The van der Waals surface area contributed by atoms with Crippen LogP contribution < -0.4 is 5.73 Å². The number of benzene rings is 1. The molecule has 1 aromatic heterocycles. The third-order valence-electron chi connectivity index (χ3n) is 2.16. The summed E-state index contributed by atoms with van der Waals surface area (Å²) in [5.74, 6) is 0.529. The van der Waals surface area contributed by atoms with E-state index in [1.54, 1.807) is 23.1 Å². The molecule has 0 bridgehead atoms. The van der Waals surface area contributed by atoms with Gasteiger partial charge in [-0.05, 0) is 17.7 Å². The maximum atomic E-state index is 10.8. The van der Waals surface area contributed by atoms with Gasteiger partial charge in [-0.15, -0.1) is 11.3 Å². The van der Waals surface area contributed by atoms with E-state index in [9.17, 15) is 4.79 Å². The van der Waals surface area contributed by atoms with Gasteiger partial charge in [0, 0.05) is 15.6 Å². The standard InChI is InChI=1S/C12H11BrN2OS2/c13-9-3-1-8(2-4-9)6-17-12-15-10(7-18-12)5-11(14)16/h1-4,7H,5-6H2,(H2,14,16). The van der Waals surface area contributed by atoms with Crippen LogP contribution in [0.15, 0.2) is 38.5 Å². The van der Waals surface area contributed by atoms with Crippen LogP contribution in [0.1, 0.15) is 11.3 Å². The quantitative estimate of drug-likeness (QED) is 0.848. The van der Waals surface area contributed by atoms with Crippen LogP contribution in [0.2, 0.25) is 0 Å². The zero-order valence-corrected chi connectivity index (χ0v) is 12.6. The van der Waals surface area contributed by atoms with Gasteiger partial charge in [0.25, 0.3) is 0 Å². The van der Waals surface area contributed by atoms with E-state index in [4.69, 9.17) is 5.73 Å². The van der Waals surface area contributed by atoms with Crippen molar-refractivity contribution in [1.82, 2.24) is 4.98 Å². The van der Waals surface area contributed by atoms with Crippen molar-refractivity contribution in [3.63, 3.8) is 0 Å². The lowest BCUT2D eigenvalue weighted by atomic mass is 10.2. The molecular formula is C12H11BrN2OS2. The van der Waals surface area contributed by atoms with E-state index in [0.717, 1.165) is 20.3 Å². The van der Waals surface area contributed by atoms with Gasteiger partial charge in [-0.3, -0.25) is 4.79 Å². The van der Waals surface area contributed by atoms with E-state index in [1.807, 2.05) is 17.5 Å². The second kappa shape index (κ2) is 6.36. The molecule has 0 unspecified atom stereocenters. The Balaban J connectivity index is 1.92. The highest BCUT2D eigenvalue weighted by Crippen LogP contribution is 2.26. The second-order valence-corrected chi connectivity index (χ2v) is 6.66. The summed E-state index contributed by atoms with van der Waals surface area (Å²) in [4.78, 5) is 15.1. The normalized spacial score (nSPS) is 10.5. The minimum Gasteiger partial charge on any atom is -0.369 e. The lowest BCUT2D eigenvalue weighted by molar-refractivity contribution is -0.117. The molecule has 1 heterocycles. The van der Waals surface area contributed by atoms with Gasteiger partial charge < -0.3 is 5.73 Å². The monoisotopic (exact) mass is 342 g/mol. The van der Waals surface area contributed by atoms with E-state index < -0.39 is 0 Å². The molecule has 0 aliphatic carbocycles. The fourth-order valence-corrected chi connectivity index (χ4v) is 3.40. The predicted molar refractivity (Wildman–Crippen MR) is 78.7 cm³/mol. The number of nitrogens with two attached hydrogens (primary N) is 1. The number of carbonyl (C=O) groups excluding carboxylic acids is 1. The Hall–Kier alpha value is -0.850. The topological polar surface area (TPSA) is 56.0 Å². The van der Waals surface area contributed by atoms with Gasteiger partial charge in [-0.1, -0.05) is 39.8 Å². The summed E-state index contributed by atoms with van der Waals surface area (Å²) in [6.07, 6.45) is 0.218. The number of thiazole rings is 1. The SMILES string of the molecule is NC(=O)Cc1csc(SCc2ccc(Br)cc2)n1. The fourth-order valence-electron chi connectivity index (χ4n) is 1.34. The number of carbonyl (C=O) groups is 1. The number of halogens is 1. The molecule has 2 N–H and O–H groups in total. The van der Waals surface area contributed by atoms with Crippen molar-refractivity contribution >= 4 is 44.9 Å². The average molecular weight is 343 g/mol. The summed E-state index contributed by atoms with van der Waals surface area (Å²) in [5, 5.41) is 1.88. The van der Waals surface area contributed by atoms with E-state index in [1.165, 1.54) is 5.56 Å². The lowest BCUT2D eigenvalue weighted by Crippen LogP contribution is -2.13.